The van der Waals surface area contributed by atoms with Gasteiger partial charge in [-0.2, -0.15) is 0 Å². The van der Waals surface area contributed by atoms with Crippen LogP contribution in [0.2, 0.25) is 0 Å². The van der Waals surface area contributed by atoms with Crippen molar-refractivity contribution in [2.45, 2.75) is 61.4 Å². The van der Waals surface area contributed by atoms with Gasteiger partial charge in [-0.15, -0.1) is 0 Å². The number of carbonyl (C=O) groups is 3. The lowest BCUT2D eigenvalue weighted by Gasteiger charge is -2.45. The Morgan fingerprint density at radius 3 is 1.87 bits per heavy atom. The Bertz CT molecular complexity index is 2370. The Balaban J connectivity index is 1.34. The molecule has 0 aliphatic carbocycles. The average molecular weight is 859 g/mol. The van der Waals surface area contributed by atoms with Crippen molar-refractivity contribution in [3.8, 4) is 51.6 Å². The summed E-state index contributed by atoms with van der Waals surface area (Å²) >= 11 is 0. The van der Waals surface area contributed by atoms with Crippen LogP contribution in [0.3, 0.4) is 0 Å². The second-order valence-corrected chi connectivity index (χ2v) is 13.4. The molecular formula is C39H38O22. The van der Waals surface area contributed by atoms with Crippen molar-refractivity contribution >= 4 is 35.0 Å². The van der Waals surface area contributed by atoms with Crippen LogP contribution in [0.1, 0.15) is 5.56 Å². The summed E-state index contributed by atoms with van der Waals surface area (Å²) in [7, 11) is 3.83. The van der Waals surface area contributed by atoms with Crippen molar-refractivity contribution in [2.24, 2.45) is 0 Å². The highest BCUT2D eigenvalue weighted by Gasteiger charge is 2.55. The largest absolute Gasteiger partial charge is 0.507 e. The number of phenolic OH excluding ortho intramolecular Hbond substituents is 3. The van der Waals surface area contributed by atoms with Gasteiger partial charge in [-0.05, 0) is 35.9 Å². The monoisotopic (exact) mass is 858 g/mol. The minimum Gasteiger partial charge on any atom is -0.507 e. The number of hydrogen-bond donors (Lipinski definition) is 9. The van der Waals surface area contributed by atoms with Gasteiger partial charge in [0.2, 0.25) is 12.0 Å². The maximum Gasteiger partial charge on any atom is 0.335 e. The number of benzene rings is 3. The molecule has 10 unspecified atom stereocenters. The Labute approximate surface area is 342 Å². The van der Waals surface area contributed by atoms with Gasteiger partial charge in [0.05, 0.1) is 21.3 Å². The number of aliphatic hydroxyl groups is 4. The quantitative estimate of drug-likeness (QED) is 0.0634. The molecule has 2 aliphatic heterocycles. The molecule has 9 N–H and O–H groups in total. The van der Waals surface area contributed by atoms with Crippen LogP contribution in [0, 0.1) is 0 Å². The summed E-state index contributed by atoms with van der Waals surface area (Å²) in [5, 5.41) is 93.9. The summed E-state index contributed by atoms with van der Waals surface area (Å²) in [5.41, 5.74) is -0.582. The lowest BCUT2D eigenvalue weighted by molar-refractivity contribution is -0.350. The molecule has 2 saturated heterocycles. The van der Waals surface area contributed by atoms with Crippen molar-refractivity contribution < 1.29 is 103 Å². The summed E-state index contributed by atoms with van der Waals surface area (Å²) in [6.07, 6.45) is -20.0. The second-order valence-electron chi connectivity index (χ2n) is 13.4. The van der Waals surface area contributed by atoms with E-state index in [-0.39, 0.29) is 51.0 Å². The topological polar surface area (TPSA) is 337 Å². The Morgan fingerprint density at radius 1 is 0.689 bits per heavy atom. The highest BCUT2D eigenvalue weighted by atomic mass is 16.8. The summed E-state index contributed by atoms with van der Waals surface area (Å²) in [5.74, 6) is -6.68. The molecule has 22 heteroatoms. The van der Waals surface area contributed by atoms with Crippen molar-refractivity contribution in [1.82, 2.24) is 0 Å². The predicted octanol–water partition coefficient (Wildman–Crippen LogP) is 0.0544. The minimum absolute atomic E-state index is 0.0477. The van der Waals surface area contributed by atoms with Crippen LogP contribution in [0.15, 0.2) is 63.8 Å². The molecule has 4 aromatic rings. The molecular weight excluding hydrogens is 820 g/mol. The standard InChI is InChI=1S/C39H38O22/c1-53-21-8-14(4-6-17(21)40)5-7-25(43)58-34-30(47)28(45)33(37(51)52)60-39(34)61-35-31(48)29(46)32(36(49)50)59-38(35)56-16-11-18(41)26-19(42)13-20(57-22(26)12-16)15-9-23(54-2)27(44)24(10-15)55-3/h4-13,28-35,38-41,44-48H,1-3H3,(H,49,50)(H,51,52)/b7-5+. The van der Waals surface area contributed by atoms with Crippen molar-refractivity contribution in [3.63, 3.8) is 0 Å². The fraction of sp³-hybridized carbons (Fsp3) is 0.333. The van der Waals surface area contributed by atoms with Gasteiger partial charge in [0.1, 0.15) is 52.6 Å². The molecule has 326 valence electrons. The normalized spacial score (nSPS) is 26.4. The highest BCUT2D eigenvalue weighted by molar-refractivity contribution is 5.88. The number of esters is 1. The first-order valence-corrected chi connectivity index (χ1v) is 17.8. The zero-order chi connectivity index (χ0) is 44.4. The number of ether oxygens (including phenoxy) is 8. The van der Waals surface area contributed by atoms with E-state index >= 15 is 0 Å². The lowest BCUT2D eigenvalue weighted by Crippen LogP contribution is -2.66. The fourth-order valence-corrected chi connectivity index (χ4v) is 6.47. The third-order valence-electron chi connectivity index (χ3n) is 9.54. The molecule has 22 nitrogen and oxygen atoms in total. The van der Waals surface area contributed by atoms with Gasteiger partial charge in [-0.1, -0.05) is 6.07 Å². The maximum atomic E-state index is 13.2. The van der Waals surface area contributed by atoms with E-state index in [1.165, 1.54) is 57.7 Å². The van der Waals surface area contributed by atoms with E-state index in [4.69, 9.17) is 42.3 Å². The first-order valence-electron chi connectivity index (χ1n) is 17.8. The number of fused-ring (bicyclic) bond motifs is 1. The molecule has 61 heavy (non-hydrogen) atoms. The molecule has 0 amide bonds. The number of phenols is 3. The van der Waals surface area contributed by atoms with Crippen LogP contribution in [-0.4, -0.2) is 147 Å². The zero-order valence-corrected chi connectivity index (χ0v) is 31.9. The van der Waals surface area contributed by atoms with E-state index in [9.17, 15) is 65.1 Å². The maximum absolute atomic E-state index is 13.2. The number of methoxy groups -OCH3 is 3. The summed E-state index contributed by atoms with van der Waals surface area (Å²) in [4.78, 5) is 50.4. The van der Waals surface area contributed by atoms with E-state index in [1.54, 1.807) is 0 Å². The minimum atomic E-state index is -2.28. The summed E-state index contributed by atoms with van der Waals surface area (Å²) in [6, 6.07) is 9.65. The first-order chi connectivity index (χ1) is 28.9. The van der Waals surface area contributed by atoms with Crippen molar-refractivity contribution in [2.75, 3.05) is 21.3 Å². The lowest BCUT2D eigenvalue weighted by atomic mass is 9.96. The van der Waals surface area contributed by atoms with Crippen LogP contribution in [-0.2, 0) is 33.3 Å². The summed E-state index contributed by atoms with van der Waals surface area (Å²) < 4.78 is 49.0. The molecule has 3 heterocycles. The van der Waals surface area contributed by atoms with Gasteiger partial charge in [-0.25, -0.2) is 14.4 Å². The third-order valence-corrected chi connectivity index (χ3v) is 9.54. The molecule has 1 aromatic heterocycles. The zero-order valence-electron chi connectivity index (χ0n) is 31.9. The number of carboxylic acid groups (broad SMARTS) is 2. The summed E-state index contributed by atoms with van der Waals surface area (Å²) in [6.45, 7) is 0. The molecule has 10 atom stereocenters. The number of carboxylic acids is 2. The third kappa shape index (κ3) is 8.95. The Morgan fingerprint density at radius 2 is 1.28 bits per heavy atom. The van der Waals surface area contributed by atoms with Crippen LogP contribution in [0.25, 0.3) is 28.4 Å². The number of carbonyl (C=O) groups excluding carboxylic acids is 1. The Kier molecular flexibility index (Phi) is 12.9. The van der Waals surface area contributed by atoms with Gasteiger partial charge in [0.25, 0.3) is 0 Å². The smallest absolute Gasteiger partial charge is 0.335 e. The molecule has 6 rings (SSSR count). The first kappa shape index (κ1) is 43.9. The predicted molar refractivity (Wildman–Crippen MR) is 200 cm³/mol. The number of hydrogen-bond acceptors (Lipinski definition) is 20. The molecule has 2 aliphatic rings. The molecule has 0 spiro atoms. The van der Waals surface area contributed by atoms with E-state index < -0.39 is 96.2 Å². The molecule has 0 bridgehead atoms. The van der Waals surface area contributed by atoms with Crippen molar-refractivity contribution in [1.29, 1.82) is 0 Å². The van der Waals surface area contributed by atoms with Gasteiger partial charge >= 0.3 is 17.9 Å². The number of aliphatic carboxylic acids is 2. The van der Waals surface area contributed by atoms with Gasteiger partial charge in [-0.3, -0.25) is 4.79 Å². The SMILES string of the molecule is COc1cc(/C=C/C(=O)OC2C(OC3C(Oc4cc(O)c5c(=O)cc(-c6cc(OC)c(O)c(OC)c6)oc5c4)OC(C(=O)O)C(O)C3O)OC(C(=O)O)C(O)C2O)ccc1O. The van der Waals surface area contributed by atoms with Crippen LogP contribution < -0.4 is 24.4 Å². The number of aromatic hydroxyl groups is 3. The average Bonchev–Trinajstić information content (AvgIpc) is 3.22. The van der Waals surface area contributed by atoms with Crippen LogP contribution in [0.5, 0.6) is 40.2 Å². The highest BCUT2D eigenvalue weighted by Crippen LogP contribution is 2.41. The Hall–Kier alpha value is -6.66. The molecule has 3 aromatic carbocycles. The van der Waals surface area contributed by atoms with E-state index in [1.807, 2.05) is 0 Å². The van der Waals surface area contributed by atoms with Gasteiger partial charge in [0.15, 0.2) is 59.1 Å². The van der Waals surface area contributed by atoms with Gasteiger partial charge < -0.3 is 88.3 Å². The molecule has 0 saturated carbocycles. The fourth-order valence-electron chi connectivity index (χ4n) is 6.47. The van der Waals surface area contributed by atoms with E-state index in [0.29, 0.717) is 5.56 Å². The molecule has 2 fully saturated rings. The van der Waals surface area contributed by atoms with E-state index in [0.717, 1.165) is 24.3 Å². The van der Waals surface area contributed by atoms with Crippen molar-refractivity contribution in [3.05, 3.63) is 70.4 Å². The second kappa shape index (κ2) is 17.9. The van der Waals surface area contributed by atoms with Gasteiger partial charge in [0, 0.05) is 29.8 Å². The van der Waals surface area contributed by atoms with E-state index in [2.05, 4.69) is 0 Å². The van der Waals surface area contributed by atoms with Crippen LogP contribution >= 0.6 is 0 Å². The number of aliphatic hydroxyl groups excluding tert-OH is 4. The molecule has 0 radical (unpaired) electrons. The number of rotatable bonds is 13. The van der Waals surface area contributed by atoms with Crippen LogP contribution in [0.4, 0.5) is 0 Å².